The Hall–Kier alpha value is -1.84. The molecule has 2 saturated heterocycles. The van der Waals surface area contributed by atoms with E-state index < -0.39 is 15.8 Å². The average molecular weight is 438 g/mol. The molecule has 2 aromatic rings. The van der Waals surface area contributed by atoms with Crippen molar-refractivity contribution in [1.29, 1.82) is 0 Å². The first-order valence-electron chi connectivity index (χ1n) is 9.89. The lowest BCUT2D eigenvalue weighted by Crippen LogP contribution is -2.46. The van der Waals surface area contributed by atoms with Crippen LogP contribution in [0.4, 0.5) is 4.39 Å². The van der Waals surface area contributed by atoms with Crippen LogP contribution in [0.15, 0.2) is 40.7 Å². The maximum absolute atomic E-state index is 13.1. The fraction of sp³-hybridized carbons (Fsp3) is 0.500. The molecule has 0 spiro atoms. The smallest absolute Gasteiger partial charge is 0.243 e. The molecule has 0 saturated carbocycles. The summed E-state index contributed by atoms with van der Waals surface area (Å²) < 4.78 is 40.0. The Morgan fingerprint density at radius 2 is 1.83 bits per heavy atom. The van der Waals surface area contributed by atoms with Gasteiger partial charge in [0.25, 0.3) is 0 Å². The van der Waals surface area contributed by atoms with E-state index >= 15 is 0 Å². The highest BCUT2D eigenvalue weighted by molar-refractivity contribution is 7.89. The van der Waals surface area contributed by atoms with E-state index in [1.54, 1.807) is 17.5 Å². The van der Waals surface area contributed by atoms with E-state index in [2.05, 4.69) is 4.98 Å². The summed E-state index contributed by atoms with van der Waals surface area (Å²) in [5.41, 5.74) is 0. The van der Waals surface area contributed by atoms with Gasteiger partial charge < -0.3 is 4.90 Å². The van der Waals surface area contributed by atoms with E-state index in [-0.39, 0.29) is 16.7 Å². The number of thiazole rings is 1. The number of carbonyl (C=O) groups excluding carboxylic acids is 1. The number of rotatable bonds is 4. The second-order valence-electron chi connectivity index (χ2n) is 7.63. The monoisotopic (exact) mass is 437 g/mol. The van der Waals surface area contributed by atoms with Crippen molar-refractivity contribution in [3.05, 3.63) is 46.7 Å². The number of benzene rings is 1. The van der Waals surface area contributed by atoms with Gasteiger partial charge in [-0.05, 0) is 49.9 Å². The molecule has 1 aromatic carbocycles. The highest BCUT2D eigenvalue weighted by atomic mass is 32.2. The largest absolute Gasteiger partial charge is 0.342 e. The van der Waals surface area contributed by atoms with Gasteiger partial charge in [-0.3, -0.25) is 4.79 Å². The number of piperidine rings is 2. The van der Waals surface area contributed by atoms with Crippen molar-refractivity contribution < 1.29 is 17.6 Å². The summed E-state index contributed by atoms with van der Waals surface area (Å²) in [6, 6.07) is 4.87. The lowest BCUT2D eigenvalue weighted by Gasteiger charge is -2.37. The number of hydrogen-bond donors (Lipinski definition) is 0. The van der Waals surface area contributed by atoms with Gasteiger partial charge in [-0.2, -0.15) is 4.31 Å². The molecule has 1 atom stereocenters. The molecule has 156 valence electrons. The Kier molecular flexibility index (Phi) is 5.98. The summed E-state index contributed by atoms with van der Waals surface area (Å²) in [5, 5.41) is 3.05. The first kappa shape index (κ1) is 20.4. The van der Waals surface area contributed by atoms with Crippen molar-refractivity contribution in [3.63, 3.8) is 0 Å². The van der Waals surface area contributed by atoms with E-state index in [9.17, 15) is 17.6 Å². The molecule has 2 aliphatic heterocycles. The summed E-state index contributed by atoms with van der Waals surface area (Å²) in [7, 11) is -3.66. The van der Waals surface area contributed by atoms with E-state index in [1.807, 2.05) is 10.3 Å². The zero-order chi connectivity index (χ0) is 20.4. The minimum absolute atomic E-state index is 0.0889. The Bertz CT molecular complexity index is 940. The average Bonchev–Trinajstić information content (AvgIpc) is 3.29. The molecule has 1 aromatic heterocycles. The van der Waals surface area contributed by atoms with Crippen molar-refractivity contribution in [3.8, 4) is 0 Å². The van der Waals surface area contributed by atoms with Crippen LogP contribution in [-0.2, 0) is 14.8 Å². The molecule has 2 fully saturated rings. The van der Waals surface area contributed by atoms with Crippen molar-refractivity contribution in [2.45, 2.75) is 36.5 Å². The van der Waals surface area contributed by atoms with Crippen molar-refractivity contribution in [2.75, 3.05) is 26.2 Å². The zero-order valence-electron chi connectivity index (χ0n) is 16.0. The zero-order valence-corrected chi connectivity index (χ0v) is 17.7. The van der Waals surface area contributed by atoms with Crippen LogP contribution in [0.3, 0.4) is 0 Å². The minimum atomic E-state index is -3.66. The highest BCUT2D eigenvalue weighted by Crippen LogP contribution is 2.31. The predicted molar refractivity (Wildman–Crippen MR) is 109 cm³/mol. The van der Waals surface area contributed by atoms with Crippen LogP contribution in [0, 0.1) is 11.7 Å². The molecule has 1 unspecified atom stereocenters. The third kappa shape index (κ3) is 4.36. The molecule has 0 bridgehead atoms. The van der Waals surface area contributed by atoms with Crippen LogP contribution in [-0.4, -0.2) is 54.7 Å². The standard InChI is InChI=1S/C20H24FN3O3S2/c21-17-3-5-18(6-4-17)29(26,27)24-11-7-15(8-12-24)20(25)23-10-1-2-16(14-23)19-22-9-13-28-19/h3-6,9,13,15-16H,1-2,7-8,10-12,14H2. The van der Waals surface area contributed by atoms with Gasteiger partial charge >= 0.3 is 0 Å². The Labute approximate surface area is 174 Å². The molecular formula is C20H24FN3O3S2. The normalized spacial score (nSPS) is 22.0. The van der Waals surface area contributed by atoms with Crippen molar-refractivity contribution >= 4 is 27.3 Å². The van der Waals surface area contributed by atoms with Gasteiger partial charge in [-0.25, -0.2) is 17.8 Å². The number of amides is 1. The van der Waals surface area contributed by atoms with Gasteiger partial charge in [0.1, 0.15) is 5.82 Å². The lowest BCUT2D eigenvalue weighted by molar-refractivity contribution is -0.138. The van der Waals surface area contributed by atoms with E-state index in [0.717, 1.165) is 36.5 Å². The number of nitrogens with zero attached hydrogens (tertiary/aromatic N) is 3. The van der Waals surface area contributed by atoms with Crippen LogP contribution < -0.4 is 0 Å². The van der Waals surface area contributed by atoms with Gasteiger partial charge in [-0.1, -0.05) is 0 Å². The Balaban J connectivity index is 1.36. The van der Waals surface area contributed by atoms with E-state index in [4.69, 9.17) is 0 Å². The third-order valence-corrected chi connectivity index (χ3v) is 8.64. The summed E-state index contributed by atoms with van der Waals surface area (Å²) >= 11 is 1.63. The Morgan fingerprint density at radius 3 is 2.48 bits per heavy atom. The molecule has 9 heteroatoms. The summed E-state index contributed by atoms with van der Waals surface area (Å²) in [5.74, 6) is -0.188. The van der Waals surface area contributed by atoms with E-state index in [0.29, 0.717) is 38.4 Å². The number of sulfonamides is 1. The van der Waals surface area contributed by atoms with Crippen molar-refractivity contribution in [1.82, 2.24) is 14.2 Å². The molecule has 4 rings (SSSR count). The van der Waals surface area contributed by atoms with Gasteiger partial charge in [0.2, 0.25) is 15.9 Å². The maximum Gasteiger partial charge on any atom is 0.243 e. The second-order valence-corrected chi connectivity index (χ2v) is 10.5. The number of aromatic nitrogens is 1. The Morgan fingerprint density at radius 1 is 1.10 bits per heavy atom. The minimum Gasteiger partial charge on any atom is -0.342 e. The van der Waals surface area contributed by atoms with Gasteiger partial charge in [0.15, 0.2) is 0 Å². The van der Waals surface area contributed by atoms with E-state index in [1.165, 1.54) is 16.4 Å². The fourth-order valence-corrected chi connectivity index (χ4v) is 6.41. The molecule has 3 heterocycles. The molecule has 0 N–H and O–H groups in total. The van der Waals surface area contributed by atoms with Crippen LogP contribution >= 0.6 is 11.3 Å². The van der Waals surface area contributed by atoms with Crippen LogP contribution in [0.5, 0.6) is 0 Å². The summed E-state index contributed by atoms with van der Waals surface area (Å²) in [6.07, 6.45) is 4.84. The van der Waals surface area contributed by atoms with Gasteiger partial charge in [-0.15, -0.1) is 11.3 Å². The summed E-state index contributed by atoms with van der Waals surface area (Å²) in [6.45, 7) is 2.06. The van der Waals surface area contributed by atoms with Crippen LogP contribution in [0.1, 0.15) is 36.6 Å². The van der Waals surface area contributed by atoms with Crippen LogP contribution in [0.2, 0.25) is 0 Å². The number of likely N-dealkylation sites (tertiary alicyclic amines) is 1. The molecule has 0 radical (unpaired) electrons. The summed E-state index contributed by atoms with van der Waals surface area (Å²) in [4.78, 5) is 19.5. The lowest BCUT2D eigenvalue weighted by atomic mass is 9.93. The molecule has 1 amide bonds. The fourth-order valence-electron chi connectivity index (χ4n) is 4.17. The SMILES string of the molecule is O=C(C1CCN(S(=O)(=O)c2ccc(F)cc2)CC1)N1CCCC(c2nccs2)C1. The first-order valence-corrected chi connectivity index (χ1v) is 12.2. The molecular weight excluding hydrogens is 413 g/mol. The number of halogens is 1. The first-order chi connectivity index (χ1) is 13.9. The van der Waals surface area contributed by atoms with Gasteiger partial charge in [0.05, 0.1) is 9.90 Å². The maximum atomic E-state index is 13.1. The molecule has 0 aliphatic carbocycles. The second kappa shape index (κ2) is 8.49. The highest BCUT2D eigenvalue weighted by Gasteiger charge is 2.35. The van der Waals surface area contributed by atoms with Gasteiger partial charge in [0, 0.05) is 49.6 Å². The van der Waals surface area contributed by atoms with Crippen LogP contribution in [0.25, 0.3) is 0 Å². The quantitative estimate of drug-likeness (QED) is 0.737. The number of carbonyl (C=O) groups is 1. The predicted octanol–water partition coefficient (Wildman–Crippen LogP) is 3.09. The number of hydrogen-bond acceptors (Lipinski definition) is 5. The molecule has 2 aliphatic rings. The molecule has 6 nitrogen and oxygen atoms in total. The van der Waals surface area contributed by atoms with Crippen molar-refractivity contribution in [2.24, 2.45) is 5.92 Å². The topological polar surface area (TPSA) is 70.6 Å². The third-order valence-electron chi connectivity index (χ3n) is 5.79. The molecule has 29 heavy (non-hydrogen) atoms.